The van der Waals surface area contributed by atoms with Gasteiger partial charge in [0.25, 0.3) is 0 Å². The standard InChI is InChI=1S/C18H24N2O5/c1-24-17(22)13-9-14(18(23)25-2)11-15(10-13)19-16(21)12-20-7-5-3-4-6-8-20/h9-11H,3-8,12H2,1-2H3,(H,19,21). The average molecular weight is 348 g/mol. The molecule has 0 saturated carbocycles. The monoisotopic (exact) mass is 348 g/mol. The molecule has 0 atom stereocenters. The number of methoxy groups -OCH3 is 2. The molecule has 1 aromatic rings. The number of hydrogen-bond donors (Lipinski definition) is 1. The summed E-state index contributed by atoms with van der Waals surface area (Å²) in [5.74, 6) is -1.36. The van der Waals surface area contributed by atoms with E-state index < -0.39 is 11.9 Å². The quantitative estimate of drug-likeness (QED) is 0.820. The van der Waals surface area contributed by atoms with Crippen molar-refractivity contribution in [1.82, 2.24) is 4.90 Å². The third kappa shape index (κ3) is 5.56. The van der Waals surface area contributed by atoms with Crippen molar-refractivity contribution in [3.05, 3.63) is 29.3 Å². The van der Waals surface area contributed by atoms with Crippen molar-refractivity contribution in [3.8, 4) is 0 Å². The smallest absolute Gasteiger partial charge is 0.337 e. The van der Waals surface area contributed by atoms with Gasteiger partial charge in [0.15, 0.2) is 0 Å². The summed E-state index contributed by atoms with van der Waals surface area (Å²) in [6.07, 6.45) is 4.58. The van der Waals surface area contributed by atoms with Gasteiger partial charge in [-0.1, -0.05) is 12.8 Å². The van der Waals surface area contributed by atoms with Crippen LogP contribution < -0.4 is 5.32 Å². The maximum Gasteiger partial charge on any atom is 0.337 e. The molecule has 2 rings (SSSR count). The first-order chi connectivity index (χ1) is 12.0. The van der Waals surface area contributed by atoms with Gasteiger partial charge in [0.05, 0.1) is 31.9 Å². The summed E-state index contributed by atoms with van der Waals surface area (Å²) in [5.41, 5.74) is 0.717. The first kappa shape index (κ1) is 18.9. The second-order valence-corrected chi connectivity index (χ2v) is 6.02. The van der Waals surface area contributed by atoms with Crippen molar-refractivity contribution >= 4 is 23.5 Å². The minimum atomic E-state index is -0.589. The largest absolute Gasteiger partial charge is 0.465 e. The zero-order valence-electron chi connectivity index (χ0n) is 14.7. The molecule has 0 aliphatic carbocycles. The van der Waals surface area contributed by atoms with Crippen LogP contribution in [0, 0.1) is 0 Å². The number of amides is 1. The number of carbonyl (C=O) groups is 3. The second kappa shape index (κ2) is 9.17. The van der Waals surface area contributed by atoms with Gasteiger partial charge >= 0.3 is 11.9 Å². The molecule has 1 fully saturated rings. The van der Waals surface area contributed by atoms with E-state index in [1.807, 2.05) is 0 Å². The summed E-state index contributed by atoms with van der Waals surface area (Å²) in [6.45, 7) is 2.10. The molecular formula is C18H24N2O5. The van der Waals surface area contributed by atoms with Gasteiger partial charge < -0.3 is 14.8 Å². The van der Waals surface area contributed by atoms with E-state index >= 15 is 0 Å². The number of ether oxygens (including phenoxy) is 2. The van der Waals surface area contributed by atoms with E-state index in [2.05, 4.69) is 19.7 Å². The van der Waals surface area contributed by atoms with E-state index in [4.69, 9.17) is 0 Å². The van der Waals surface area contributed by atoms with Crippen LogP contribution in [0.15, 0.2) is 18.2 Å². The number of nitrogens with one attached hydrogen (secondary N) is 1. The number of likely N-dealkylation sites (tertiary alicyclic amines) is 1. The molecule has 0 bridgehead atoms. The summed E-state index contributed by atoms with van der Waals surface area (Å²) in [5, 5.41) is 2.75. The van der Waals surface area contributed by atoms with Gasteiger partial charge in [0.1, 0.15) is 0 Å². The SMILES string of the molecule is COC(=O)c1cc(NC(=O)CN2CCCCCC2)cc(C(=O)OC)c1. The molecule has 1 heterocycles. The average Bonchev–Trinajstić information content (AvgIpc) is 2.88. The Hall–Kier alpha value is -2.41. The number of anilines is 1. The Morgan fingerprint density at radius 3 is 1.92 bits per heavy atom. The molecule has 1 amide bonds. The third-order valence-corrected chi connectivity index (χ3v) is 4.12. The predicted molar refractivity (Wildman–Crippen MR) is 92.7 cm³/mol. The van der Waals surface area contributed by atoms with E-state index in [9.17, 15) is 14.4 Å². The Morgan fingerprint density at radius 2 is 1.44 bits per heavy atom. The summed E-state index contributed by atoms with van der Waals surface area (Å²) in [6, 6.07) is 4.35. The van der Waals surface area contributed by atoms with Crippen molar-refractivity contribution in [2.24, 2.45) is 0 Å². The van der Waals surface area contributed by atoms with Crippen molar-refractivity contribution in [1.29, 1.82) is 0 Å². The van der Waals surface area contributed by atoms with Crippen LogP contribution >= 0.6 is 0 Å². The van der Waals surface area contributed by atoms with Gasteiger partial charge in [-0.15, -0.1) is 0 Å². The summed E-state index contributed by atoms with van der Waals surface area (Å²) in [7, 11) is 2.51. The minimum absolute atomic E-state index is 0.176. The molecule has 1 aromatic carbocycles. The van der Waals surface area contributed by atoms with Crippen LogP contribution in [0.25, 0.3) is 0 Å². The molecule has 1 aliphatic heterocycles. The lowest BCUT2D eigenvalue weighted by molar-refractivity contribution is -0.117. The van der Waals surface area contributed by atoms with E-state index in [1.54, 1.807) is 0 Å². The minimum Gasteiger partial charge on any atom is -0.465 e. The molecule has 1 aliphatic rings. The summed E-state index contributed by atoms with van der Waals surface area (Å²) in [4.78, 5) is 38.0. The number of esters is 2. The third-order valence-electron chi connectivity index (χ3n) is 4.12. The lowest BCUT2D eigenvalue weighted by Gasteiger charge is -2.19. The zero-order chi connectivity index (χ0) is 18.2. The van der Waals surface area contributed by atoms with Crippen LogP contribution in [-0.4, -0.2) is 56.6 Å². The fourth-order valence-corrected chi connectivity index (χ4v) is 2.87. The van der Waals surface area contributed by atoms with Crippen LogP contribution in [0.3, 0.4) is 0 Å². The molecule has 0 aromatic heterocycles. The highest BCUT2D eigenvalue weighted by molar-refractivity contribution is 5.99. The molecular weight excluding hydrogens is 324 g/mol. The maximum atomic E-state index is 12.3. The Kier molecular flexibility index (Phi) is 6.94. The van der Waals surface area contributed by atoms with Crippen molar-refractivity contribution in [3.63, 3.8) is 0 Å². The Bertz CT molecular complexity index is 602. The highest BCUT2D eigenvalue weighted by Crippen LogP contribution is 2.17. The van der Waals surface area contributed by atoms with Gasteiger partial charge in [-0.25, -0.2) is 9.59 Å². The molecule has 136 valence electrons. The fraction of sp³-hybridized carbons (Fsp3) is 0.500. The van der Waals surface area contributed by atoms with Gasteiger partial charge in [-0.2, -0.15) is 0 Å². The van der Waals surface area contributed by atoms with Gasteiger partial charge in [-0.05, 0) is 44.1 Å². The van der Waals surface area contributed by atoms with Gasteiger partial charge in [0, 0.05) is 5.69 Å². The van der Waals surface area contributed by atoms with Crippen molar-refractivity contribution < 1.29 is 23.9 Å². The van der Waals surface area contributed by atoms with Crippen LogP contribution in [0.2, 0.25) is 0 Å². The Balaban J connectivity index is 2.12. The van der Waals surface area contributed by atoms with Gasteiger partial charge in [0.2, 0.25) is 5.91 Å². The Morgan fingerprint density at radius 1 is 0.920 bits per heavy atom. The molecule has 0 spiro atoms. The first-order valence-electron chi connectivity index (χ1n) is 8.37. The van der Waals surface area contributed by atoms with E-state index in [-0.39, 0.29) is 23.6 Å². The number of hydrogen-bond acceptors (Lipinski definition) is 6. The molecule has 1 N–H and O–H groups in total. The summed E-state index contributed by atoms with van der Waals surface area (Å²) >= 11 is 0. The number of carbonyl (C=O) groups excluding carboxylic acids is 3. The normalized spacial score (nSPS) is 15.1. The second-order valence-electron chi connectivity index (χ2n) is 6.02. The molecule has 7 heteroatoms. The summed E-state index contributed by atoms with van der Waals surface area (Å²) < 4.78 is 9.38. The Labute approximate surface area is 147 Å². The first-order valence-corrected chi connectivity index (χ1v) is 8.37. The van der Waals surface area contributed by atoms with Crippen LogP contribution in [0.5, 0.6) is 0 Å². The van der Waals surface area contributed by atoms with Gasteiger partial charge in [-0.3, -0.25) is 9.69 Å². The van der Waals surface area contributed by atoms with E-state index in [1.165, 1.54) is 45.3 Å². The molecule has 0 unspecified atom stereocenters. The number of rotatable bonds is 5. The number of nitrogens with zero attached hydrogens (tertiary/aromatic N) is 1. The molecule has 7 nitrogen and oxygen atoms in total. The van der Waals surface area contributed by atoms with Crippen molar-refractivity contribution in [2.75, 3.05) is 39.2 Å². The maximum absolute atomic E-state index is 12.3. The highest BCUT2D eigenvalue weighted by Gasteiger charge is 2.17. The van der Waals surface area contributed by atoms with E-state index in [0.717, 1.165) is 25.9 Å². The molecule has 1 saturated heterocycles. The molecule has 0 radical (unpaired) electrons. The lowest BCUT2D eigenvalue weighted by Crippen LogP contribution is -2.34. The lowest BCUT2D eigenvalue weighted by atomic mass is 10.1. The van der Waals surface area contributed by atoms with Crippen molar-refractivity contribution in [2.45, 2.75) is 25.7 Å². The fourth-order valence-electron chi connectivity index (χ4n) is 2.87. The zero-order valence-corrected chi connectivity index (χ0v) is 14.7. The van der Waals surface area contributed by atoms with E-state index in [0.29, 0.717) is 5.69 Å². The predicted octanol–water partition coefficient (Wildman–Crippen LogP) is 2.07. The molecule has 25 heavy (non-hydrogen) atoms. The van der Waals surface area contributed by atoms with Crippen LogP contribution in [0.4, 0.5) is 5.69 Å². The number of benzene rings is 1. The van der Waals surface area contributed by atoms with Crippen LogP contribution in [-0.2, 0) is 14.3 Å². The highest BCUT2D eigenvalue weighted by atomic mass is 16.5. The topological polar surface area (TPSA) is 84.9 Å². The van der Waals surface area contributed by atoms with Crippen LogP contribution in [0.1, 0.15) is 46.4 Å².